The van der Waals surface area contributed by atoms with Gasteiger partial charge in [-0.05, 0) is 52.4 Å². The van der Waals surface area contributed by atoms with Gasteiger partial charge in [0.15, 0.2) is 0 Å². The topological polar surface area (TPSA) is 43.8 Å². The first kappa shape index (κ1) is 13.3. The minimum absolute atomic E-state index is 0.182. The predicted molar refractivity (Wildman–Crippen MR) is 88.8 cm³/mol. The van der Waals surface area contributed by atoms with E-state index in [0.717, 1.165) is 16.9 Å². The third kappa shape index (κ3) is 2.62. The maximum absolute atomic E-state index is 6.37. The summed E-state index contributed by atoms with van der Waals surface area (Å²) < 4.78 is 3.24. The Morgan fingerprint density at radius 1 is 1.00 bits per heavy atom. The molecule has 20 heavy (non-hydrogen) atoms. The zero-order valence-corrected chi connectivity index (χ0v) is 12.9. The number of nitrogens with two attached hydrogens (primary N) is 1. The molecule has 3 nitrogen and oxygen atoms in total. The first-order chi connectivity index (χ1) is 9.75. The summed E-state index contributed by atoms with van der Waals surface area (Å²) in [4.78, 5) is 4.25. The van der Waals surface area contributed by atoms with Gasteiger partial charge in [-0.2, -0.15) is 0 Å². The molecule has 0 aliphatic rings. The lowest BCUT2D eigenvalue weighted by molar-refractivity contribution is 0.793. The van der Waals surface area contributed by atoms with Gasteiger partial charge in [-0.3, -0.25) is 0 Å². The molecule has 0 aliphatic carbocycles. The largest absolute Gasteiger partial charge is 0.319 e. The molecule has 3 aromatic rings. The summed E-state index contributed by atoms with van der Waals surface area (Å²) in [6.45, 7) is 0. The van der Waals surface area contributed by atoms with Crippen LogP contribution in [-0.4, -0.2) is 9.55 Å². The SMILES string of the molecule is NC(c1ccccc1)c1cncn1-c1ccc(I)cc1. The molecule has 4 heteroatoms. The molecule has 0 saturated heterocycles. The number of nitrogens with zero attached hydrogens (tertiary/aromatic N) is 2. The van der Waals surface area contributed by atoms with E-state index in [9.17, 15) is 0 Å². The number of hydrogen-bond acceptors (Lipinski definition) is 2. The molecule has 0 radical (unpaired) electrons. The molecule has 0 bridgehead atoms. The molecule has 3 rings (SSSR count). The van der Waals surface area contributed by atoms with Gasteiger partial charge in [0.05, 0.1) is 24.3 Å². The summed E-state index contributed by atoms with van der Waals surface area (Å²) in [6, 6.07) is 18.2. The highest BCUT2D eigenvalue weighted by Crippen LogP contribution is 2.22. The highest BCUT2D eigenvalue weighted by molar-refractivity contribution is 14.1. The van der Waals surface area contributed by atoms with Crippen molar-refractivity contribution in [3.63, 3.8) is 0 Å². The average molecular weight is 375 g/mol. The second-order valence-electron chi connectivity index (χ2n) is 4.55. The summed E-state index contributed by atoms with van der Waals surface area (Å²) in [5.74, 6) is 0. The van der Waals surface area contributed by atoms with E-state index in [1.807, 2.05) is 41.1 Å². The molecule has 0 saturated carbocycles. The van der Waals surface area contributed by atoms with Gasteiger partial charge < -0.3 is 10.3 Å². The lowest BCUT2D eigenvalue weighted by atomic mass is 10.1. The summed E-state index contributed by atoms with van der Waals surface area (Å²) in [6.07, 6.45) is 3.63. The Morgan fingerprint density at radius 2 is 1.70 bits per heavy atom. The summed E-state index contributed by atoms with van der Waals surface area (Å²) >= 11 is 2.30. The first-order valence-electron chi connectivity index (χ1n) is 6.34. The number of benzene rings is 2. The lowest BCUT2D eigenvalue weighted by Crippen LogP contribution is -2.15. The van der Waals surface area contributed by atoms with Crippen molar-refractivity contribution in [2.24, 2.45) is 5.73 Å². The maximum Gasteiger partial charge on any atom is 0.0994 e. The second kappa shape index (κ2) is 5.76. The van der Waals surface area contributed by atoms with Crippen LogP contribution in [0, 0.1) is 3.57 Å². The summed E-state index contributed by atoms with van der Waals surface area (Å²) in [7, 11) is 0. The minimum Gasteiger partial charge on any atom is -0.319 e. The Morgan fingerprint density at radius 3 is 2.40 bits per heavy atom. The van der Waals surface area contributed by atoms with Crippen molar-refractivity contribution in [3.8, 4) is 5.69 Å². The van der Waals surface area contributed by atoms with E-state index >= 15 is 0 Å². The van der Waals surface area contributed by atoms with Crippen molar-refractivity contribution in [1.82, 2.24) is 9.55 Å². The van der Waals surface area contributed by atoms with Crippen LogP contribution in [0.5, 0.6) is 0 Å². The quantitative estimate of drug-likeness (QED) is 0.712. The first-order valence-corrected chi connectivity index (χ1v) is 7.42. The Bertz CT molecular complexity index is 689. The van der Waals surface area contributed by atoms with Gasteiger partial charge in [-0.15, -0.1) is 0 Å². The van der Waals surface area contributed by atoms with Crippen LogP contribution >= 0.6 is 22.6 Å². The van der Waals surface area contributed by atoms with Gasteiger partial charge in [-0.1, -0.05) is 30.3 Å². The molecule has 1 aromatic heterocycles. The lowest BCUT2D eigenvalue weighted by Gasteiger charge is -2.15. The fourth-order valence-corrected chi connectivity index (χ4v) is 2.54. The zero-order chi connectivity index (χ0) is 13.9. The van der Waals surface area contributed by atoms with E-state index in [1.165, 1.54) is 3.57 Å². The number of hydrogen-bond donors (Lipinski definition) is 1. The molecule has 0 fully saturated rings. The van der Waals surface area contributed by atoms with Gasteiger partial charge in [0.25, 0.3) is 0 Å². The van der Waals surface area contributed by atoms with Crippen molar-refractivity contribution in [1.29, 1.82) is 0 Å². The average Bonchev–Trinajstić information content (AvgIpc) is 2.97. The monoisotopic (exact) mass is 375 g/mol. The molecule has 0 amide bonds. The van der Waals surface area contributed by atoms with Crippen LogP contribution in [0.4, 0.5) is 0 Å². The highest BCUT2D eigenvalue weighted by atomic mass is 127. The van der Waals surface area contributed by atoms with Crippen molar-refractivity contribution in [2.45, 2.75) is 6.04 Å². The molecule has 1 heterocycles. The fourth-order valence-electron chi connectivity index (χ4n) is 2.18. The Kier molecular flexibility index (Phi) is 3.84. The second-order valence-corrected chi connectivity index (χ2v) is 5.80. The van der Waals surface area contributed by atoms with Gasteiger partial charge in [-0.25, -0.2) is 4.98 Å². The normalized spacial score (nSPS) is 12.3. The molecule has 2 aromatic carbocycles. The van der Waals surface area contributed by atoms with Crippen LogP contribution in [0.3, 0.4) is 0 Å². The number of rotatable bonds is 3. The van der Waals surface area contributed by atoms with Gasteiger partial charge >= 0.3 is 0 Å². The van der Waals surface area contributed by atoms with E-state index in [2.05, 4.69) is 51.8 Å². The van der Waals surface area contributed by atoms with Crippen molar-refractivity contribution in [3.05, 3.63) is 81.9 Å². The Balaban J connectivity index is 2.00. The number of aromatic nitrogens is 2. The van der Waals surface area contributed by atoms with Crippen LogP contribution in [-0.2, 0) is 0 Å². The third-order valence-electron chi connectivity index (χ3n) is 3.25. The van der Waals surface area contributed by atoms with E-state index < -0.39 is 0 Å². The van der Waals surface area contributed by atoms with E-state index in [0.29, 0.717) is 0 Å². The van der Waals surface area contributed by atoms with Crippen LogP contribution in [0.1, 0.15) is 17.3 Å². The molecule has 0 spiro atoms. The zero-order valence-electron chi connectivity index (χ0n) is 10.8. The minimum atomic E-state index is -0.182. The molecular weight excluding hydrogens is 361 g/mol. The fraction of sp³-hybridized carbons (Fsp3) is 0.0625. The maximum atomic E-state index is 6.37. The van der Waals surface area contributed by atoms with E-state index in [4.69, 9.17) is 5.73 Å². The van der Waals surface area contributed by atoms with Crippen LogP contribution < -0.4 is 5.73 Å². The van der Waals surface area contributed by atoms with Crippen LogP contribution in [0.15, 0.2) is 67.1 Å². The molecule has 0 aliphatic heterocycles. The van der Waals surface area contributed by atoms with E-state index in [1.54, 1.807) is 6.33 Å². The summed E-state index contributed by atoms with van der Waals surface area (Å²) in [5.41, 5.74) is 9.51. The van der Waals surface area contributed by atoms with Crippen molar-refractivity contribution < 1.29 is 0 Å². The van der Waals surface area contributed by atoms with Gasteiger partial charge in [0.1, 0.15) is 0 Å². The van der Waals surface area contributed by atoms with Gasteiger partial charge in [0, 0.05) is 9.26 Å². The van der Waals surface area contributed by atoms with Crippen LogP contribution in [0.2, 0.25) is 0 Å². The Labute approximate surface area is 131 Å². The molecule has 100 valence electrons. The summed E-state index contributed by atoms with van der Waals surface area (Å²) in [5, 5.41) is 0. The third-order valence-corrected chi connectivity index (χ3v) is 3.97. The van der Waals surface area contributed by atoms with Gasteiger partial charge in [0.2, 0.25) is 0 Å². The Hall–Kier alpha value is -1.66. The van der Waals surface area contributed by atoms with E-state index in [-0.39, 0.29) is 6.04 Å². The van der Waals surface area contributed by atoms with Crippen molar-refractivity contribution in [2.75, 3.05) is 0 Å². The smallest absolute Gasteiger partial charge is 0.0994 e. The predicted octanol–water partition coefficient (Wildman–Crippen LogP) is 3.53. The van der Waals surface area contributed by atoms with Crippen molar-refractivity contribution >= 4 is 22.6 Å². The molecule has 1 unspecified atom stereocenters. The number of imidazole rings is 1. The van der Waals surface area contributed by atoms with Crippen LogP contribution in [0.25, 0.3) is 5.69 Å². The number of halogens is 1. The molecule has 1 atom stereocenters. The molecular formula is C16H14IN3. The molecule has 2 N–H and O–H groups in total. The standard InChI is InChI=1S/C16H14IN3/c17-13-6-8-14(9-7-13)20-11-19-10-15(20)16(18)12-4-2-1-3-5-12/h1-11,16H,18H2. The highest BCUT2D eigenvalue weighted by Gasteiger charge is 2.14.